The molecule has 0 radical (unpaired) electrons. The minimum Gasteiger partial charge on any atom is -0.496 e. The number of amides is 1. The zero-order chi connectivity index (χ0) is 22.8. The van der Waals surface area contributed by atoms with E-state index in [0.29, 0.717) is 48.0 Å². The van der Waals surface area contributed by atoms with E-state index in [1.54, 1.807) is 18.2 Å². The summed E-state index contributed by atoms with van der Waals surface area (Å²) in [5, 5.41) is 12.6. The summed E-state index contributed by atoms with van der Waals surface area (Å²) in [5.41, 5.74) is 0.776. The average Bonchev–Trinajstić information content (AvgIpc) is 2.73. The van der Waals surface area contributed by atoms with Gasteiger partial charge in [-0.3, -0.25) is 4.79 Å². The van der Waals surface area contributed by atoms with Crippen LogP contribution in [-0.4, -0.2) is 57.9 Å². The number of rotatable bonds is 6. The maximum atomic E-state index is 12.7. The molecular weight excluding hydrogens is 444 g/mol. The van der Waals surface area contributed by atoms with Gasteiger partial charge in [0.1, 0.15) is 5.75 Å². The molecule has 0 unspecified atom stereocenters. The Hall–Kier alpha value is -2.78. The SMILES string of the molecule is COc1cc(Cl)ccc1C(=O)NC1CCN(c2ccc(C(=O)O)cc2S(C)(=O)=O)CC1. The van der Waals surface area contributed by atoms with Crippen LogP contribution in [0.2, 0.25) is 5.02 Å². The van der Waals surface area contributed by atoms with Crippen molar-refractivity contribution < 1.29 is 27.9 Å². The first-order valence-corrected chi connectivity index (χ1v) is 11.8. The monoisotopic (exact) mass is 466 g/mol. The number of anilines is 1. The number of nitrogens with one attached hydrogen (secondary N) is 1. The molecule has 0 saturated carbocycles. The lowest BCUT2D eigenvalue weighted by Gasteiger charge is -2.35. The van der Waals surface area contributed by atoms with Crippen LogP contribution in [-0.2, 0) is 9.84 Å². The van der Waals surface area contributed by atoms with Crippen LogP contribution in [0.3, 0.4) is 0 Å². The number of carboxylic acids is 1. The number of sulfone groups is 1. The maximum absolute atomic E-state index is 12.7. The second kappa shape index (κ2) is 9.15. The Labute approximate surface area is 185 Å². The highest BCUT2D eigenvalue weighted by Gasteiger charge is 2.26. The van der Waals surface area contributed by atoms with Gasteiger partial charge in [0.05, 0.1) is 28.8 Å². The molecule has 1 saturated heterocycles. The lowest BCUT2D eigenvalue weighted by molar-refractivity contribution is 0.0696. The molecule has 8 nitrogen and oxygen atoms in total. The summed E-state index contributed by atoms with van der Waals surface area (Å²) in [7, 11) is -2.15. The van der Waals surface area contributed by atoms with Gasteiger partial charge in [0, 0.05) is 30.4 Å². The Morgan fingerprint density at radius 3 is 2.42 bits per heavy atom. The minimum atomic E-state index is -3.62. The van der Waals surface area contributed by atoms with Gasteiger partial charge in [-0.25, -0.2) is 13.2 Å². The number of nitrogens with zero attached hydrogens (tertiary/aromatic N) is 1. The summed E-state index contributed by atoms with van der Waals surface area (Å²) in [4.78, 5) is 25.8. The van der Waals surface area contributed by atoms with Crippen LogP contribution in [0.1, 0.15) is 33.6 Å². The standard InChI is InChI=1S/C21H23ClN2O6S/c1-30-18-12-14(22)4-5-16(18)20(25)23-15-7-9-24(10-8-15)17-6-3-13(21(26)27)11-19(17)31(2,28)29/h3-6,11-12,15H,7-10H2,1-2H3,(H,23,25)(H,26,27). The number of methoxy groups -OCH3 is 1. The molecule has 166 valence electrons. The topological polar surface area (TPSA) is 113 Å². The number of benzene rings is 2. The quantitative estimate of drug-likeness (QED) is 0.672. The summed E-state index contributed by atoms with van der Waals surface area (Å²) < 4.78 is 29.7. The van der Waals surface area contributed by atoms with Crippen LogP contribution < -0.4 is 15.0 Å². The van der Waals surface area contributed by atoms with Crippen molar-refractivity contribution >= 4 is 39.0 Å². The molecule has 1 amide bonds. The number of carboxylic acid groups (broad SMARTS) is 1. The number of hydrogen-bond donors (Lipinski definition) is 2. The first-order valence-electron chi connectivity index (χ1n) is 9.57. The van der Waals surface area contributed by atoms with Crippen LogP contribution in [0.25, 0.3) is 0 Å². The largest absolute Gasteiger partial charge is 0.496 e. The second-order valence-electron chi connectivity index (χ2n) is 7.34. The van der Waals surface area contributed by atoms with E-state index in [1.165, 1.54) is 25.3 Å². The Bertz CT molecular complexity index is 1110. The van der Waals surface area contributed by atoms with E-state index in [-0.39, 0.29) is 22.4 Å². The zero-order valence-electron chi connectivity index (χ0n) is 17.1. The molecule has 10 heteroatoms. The fourth-order valence-electron chi connectivity index (χ4n) is 3.59. The predicted molar refractivity (Wildman–Crippen MR) is 117 cm³/mol. The maximum Gasteiger partial charge on any atom is 0.335 e. The lowest BCUT2D eigenvalue weighted by Crippen LogP contribution is -2.45. The minimum absolute atomic E-state index is 0.0132. The Kier molecular flexibility index (Phi) is 6.76. The van der Waals surface area contributed by atoms with Gasteiger partial charge in [-0.2, -0.15) is 0 Å². The van der Waals surface area contributed by atoms with Crippen molar-refractivity contribution in [2.24, 2.45) is 0 Å². The van der Waals surface area contributed by atoms with Crippen LogP contribution in [0.15, 0.2) is 41.3 Å². The first kappa shape index (κ1) is 22.9. The molecule has 0 aromatic heterocycles. The fourth-order valence-corrected chi connectivity index (χ4v) is 4.67. The normalized spacial score (nSPS) is 14.9. The molecule has 0 bridgehead atoms. The molecular formula is C21H23ClN2O6S. The molecule has 1 heterocycles. The van der Waals surface area contributed by atoms with Gasteiger partial charge in [0.25, 0.3) is 5.91 Å². The molecule has 31 heavy (non-hydrogen) atoms. The number of ether oxygens (including phenoxy) is 1. The summed E-state index contributed by atoms with van der Waals surface area (Å²) in [6.45, 7) is 1.02. The average molecular weight is 467 g/mol. The first-order chi connectivity index (χ1) is 14.6. The summed E-state index contributed by atoms with van der Waals surface area (Å²) >= 11 is 5.95. The number of piperidine rings is 1. The van der Waals surface area contributed by atoms with Gasteiger partial charge in [0.15, 0.2) is 9.84 Å². The molecule has 0 aliphatic carbocycles. The lowest BCUT2D eigenvalue weighted by atomic mass is 10.0. The molecule has 2 aromatic rings. The van der Waals surface area contributed by atoms with Gasteiger partial charge < -0.3 is 20.1 Å². The van der Waals surface area contributed by atoms with E-state index in [1.807, 2.05) is 4.90 Å². The van der Waals surface area contributed by atoms with Crippen LogP contribution in [0.5, 0.6) is 5.75 Å². The highest BCUT2D eigenvalue weighted by molar-refractivity contribution is 7.90. The molecule has 1 aliphatic heterocycles. The van der Waals surface area contributed by atoms with Gasteiger partial charge in [-0.05, 0) is 49.2 Å². The number of aromatic carboxylic acids is 1. The van der Waals surface area contributed by atoms with Gasteiger partial charge in [-0.15, -0.1) is 0 Å². The van der Waals surface area contributed by atoms with Crippen molar-refractivity contribution in [3.63, 3.8) is 0 Å². The highest BCUT2D eigenvalue weighted by Crippen LogP contribution is 2.29. The van der Waals surface area contributed by atoms with Crippen molar-refractivity contribution in [3.05, 3.63) is 52.5 Å². The third-order valence-electron chi connectivity index (χ3n) is 5.19. The molecule has 1 aliphatic rings. The predicted octanol–water partition coefficient (Wildman–Crippen LogP) is 2.85. The molecule has 3 rings (SSSR count). The Balaban J connectivity index is 1.72. The van der Waals surface area contributed by atoms with Crippen molar-refractivity contribution in [1.82, 2.24) is 5.32 Å². The van der Waals surface area contributed by atoms with Gasteiger partial charge in [-0.1, -0.05) is 11.6 Å². The highest BCUT2D eigenvalue weighted by atomic mass is 35.5. The van der Waals surface area contributed by atoms with E-state index in [2.05, 4.69) is 5.32 Å². The van der Waals surface area contributed by atoms with E-state index < -0.39 is 15.8 Å². The molecule has 0 atom stereocenters. The fraction of sp³-hybridized carbons (Fsp3) is 0.333. The third-order valence-corrected chi connectivity index (χ3v) is 6.55. The summed E-state index contributed by atoms with van der Waals surface area (Å²) in [5.74, 6) is -1.07. The Morgan fingerprint density at radius 1 is 1.16 bits per heavy atom. The van der Waals surface area contributed by atoms with E-state index >= 15 is 0 Å². The van der Waals surface area contributed by atoms with Crippen LogP contribution in [0, 0.1) is 0 Å². The number of carbonyl (C=O) groups is 2. The zero-order valence-corrected chi connectivity index (χ0v) is 18.7. The third kappa shape index (κ3) is 5.29. The van der Waals surface area contributed by atoms with Crippen molar-refractivity contribution in [2.75, 3.05) is 31.4 Å². The van der Waals surface area contributed by atoms with Crippen molar-refractivity contribution in [3.8, 4) is 5.75 Å². The summed E-state index contributed by atoms with van der Waals surface area (Å²) in [6, 6.07) is 8.82. The van der Waals surface area contributed by atoms with Gasteiger partial charge in [0.2, 0.25) is 0 Å². The van der Waals surface area contributed by atoms with E-state index in [9.17, 15) is 23.1 Å². The molecule has 1 fully saturated rings. The Morgan fingerprint density at radius 2 is 1.84 bits per heavy atom. The van der Waals surface area contributed by atoms with Gasteiger partial charge >= 0.3 is 5.97 Å². The molecule has 2 N–H and O–H groups in total. The number of carbonyl (C=O) groups excluding carboxylic acids is 1. The smallest absolute Gasteiger partial charge is 0.335 e. The molecule has 2 aromatic carbocycles. The summed E-state index contributed by atoms with van der Waals surface area (Å²) in [6.07, 6.45) is 2.26. The van der Waals surface area contributed by atoms with Crippen molar-refractivity contribution in [1.29, 1.82) is 0 Å². The number of hydrogen-bond acceptors (Lipinski definition) is 6. The van der Waals surface area contributed by atoms with E-state index in [0.717, 1.165) is 6.26 Å². The van der Waals surface area contributed by atoms with Crippen LogP contribution in [0.4, 0.5) is 5.69 Å². The second-order valence-corrected chi connectivity index (χ2v) is 9.76. The van der Waals surface area contributed by atoms with Crippen molar-refractivity contribution in [2.45, 2.75) is 23.8 Å². The van der Waals surface area contributed by atoms with E-state index in [4.69, 9.17) is 16.3 Å². The van der Waals surface area contributed by atoms with Crippen LogP contribution >= 0.6 is 11.6 Å². The molecule has 0 spiro atoms. The number of halogens is 1.